The van der Waals surface area contributed by atoms with Crippen molar-refractivity contribution >= 4 is 43.9 Å². The summed E-state index contributed by atoms with van der Waals surface area (Å²) in [4.78, 5) is 0. The van der Waals surface area contributed by atoms with Crippen molar-refractivity contribution in [3.05, 3.63) is 144 Å². The van der Waals surface area contributed by atoms with Gasteiger partial charge in [0.25, 0.3) is 0 Å². The van der Waals surface area contributed by atoms with Crippen molar-refractivity contribution < 1.29 is 21.9 Å². The van der Waals surface area contributed by atoms with Crippen LogP contribution in [0.4, 0.5) is 0 Å². The second kappa shape index (κ2) is 15.7. The minimum Gasteiger partial charge on any atom is -0.147 e. The number of ether oxygens (including phenoxy) is 1. The van der Waals surface area contributed by atoms with Crippen molar-refractivity contribution in [2.75, 3.05) is 7.11 Å². The van der Waals surface area contributed by atoms with Gasteiger partial charge in [-0.2, -0.15) is 0 Å². The maximum Gasteiger partial charge on any atom is -0.147 e. The van der Waals surface area contributed by atoms with E-state index in [4.69, 9.17) is 4.74 Å². The molecule has 3 aliphatic rings. The normalized spacial score (nSPS) is 17.1. The fraction of sp³-hybridized carbons (Fsp3) is 0.370. The Hall–Kier alpha value is -2.95. The summed E-state index contributed by atoms with van der Waals surface area (Å²) in [6.45, 7) is 28.1. The maximum absolute atomic E-state index is 6.49. The third kappa shape index (κ3) is 7.57. The number of methoxy groups -OCH3 is 1. The van der Waals surface area contributed by atoms with Gasteiger partial charge in [-0.05, 0) is 0 Å². The molecule has 0 radical (unpaired) electrons. The van der Waals surface area contributed by atoms with Crippen LogP contribution in [0.5, 0.6) is 5.75 Å². The van der Waals surface area contributed by atoms with E-state index >= 15 is 0 Å². The summed E-state index contributed by atoms with van der Waals surface area (Å²) in [5, 5.41) is 0. The molecule has 5 heteroatoms. The van der Waals surface area contributed by atoms with E-state index in [-0.39, 0.29) is 30.2 Å². The van der Waals surface area contributed by atoms with E-state index in [1.807, 2.05) is 7.11 Å². The second-order valence-corrected chi connectivity index (χ2v) is 64.2. The van der Waals surface area contributed by atoms with E-state index < -0.39 is 17.1 Å². The average molecular weight is 1010 g/mol. The molecular formula is C54H66Cl2HfOSi. The predicted octanol–water partition coefficient (Wildman–Crippen LogP) is 15.1. The van der Waals surface area contributed by atoms with Crippen LogP contribution in [0.15, 0.2) is 71.8 Å². The molecule has 0 saturated carbocycles. The van der Waals surface area contributed by atoms with Gasteiger partial charge in [-0.15, -0.1) is 24.8 Å². The third-order valence-electron chi connectivity index (χ3n) is 13.7. The van der Waals surface area contributed by atoms with Gasteiger partial charge in [-0.1, -0.05) is 0 Å². The van der Waals surface area contributed by atoms with Crippen LogP contribution < -0.4 is 4.74 Å². The zero-order valence-corrected chi connectivity index (χ0v) is 44.8. The van der Waals surface area contributed by atoms with Crippen LogP contribution in [0.2, 0.25) is 9.36 Å². The molecule has 310 valence electrons. The number of allylic oxidation sites excluding steroid dienone is 2. The Kier molecular flexibility index (Phi) is 12.2. The quantitative estimate of drug-likeness (QED) is 0.154. The molecule has 0 aliphatic heterocycles. The number of aryl methyl sites for hydroxylation is 6. The zero-order valence-electron chi connectivity index (χ0n) is 38.1. The topological polar surface area (TPSA) is 9.23 Å². The van der Waals surface area contributed by atoms with Crippen molar-refractivity contribution in [3.63, 3.8) is 0 Å². The van der Waals surface area contributed by atoms with E-state index in [1.54, 1.807) is 27.8 Å². The van der Waals surface area contributed by atoms with E-state index in [2.05, 4.69) is 165 Å². The molecule has 0 N–H and O–H groups in total. The number of hydrogen-bond acceptors (Lipinski definition) is 1. The maximum atomic E-state index is 6.49. The van der Waals surface area contributed by atoms with Crippen LogP contribution in [0.3, 0.4) is 0 Å². The Labute approximate surface area is 370 Å². The predicted molar refractivity (Wildman–Crippen MR) is 262 cm³/mol. The standard InChI is InChI=1S/C29H29.C23H27O.2CH3.2ClH.Hf.H2Si/c1-17-9-18(2)12-22(11-17)28-24-7-6-8-25(24)29(27-16-21(5)15-26(27)28)23-13-19(3)10-20(4)14-23;1-14-8-15(2)11-18(10-14)21-19-12-16(3)9-17(19)13-20(22(21)24-7)23(4,5)6;;;;;;/h9-16H,6-8H2,1-5H3;8-13H,1-7H3;2*1H3;2*1H;;1H2. The molecule has 0 heterocycles. The molecule has 0 amide bonds. The van der Waals surface area contributed by atoms with Gasteiger partial charge in [-0.25, -0.2) is 0 Å². The van der Waals surface area contributed by atoms with Crippen LogP contribution in [0.25, 0.3) is 45.5 Å². The van der Waals surface area contributed by atoms with E-state index in [9.17, 15) is 0 Å². The molecule has 5 aromatic rings. The number of hydrogen-bond donors (Lipinski definition) is 0. The van der Waals surface area contributed by atoms with Crippen LogP contribution in [-0.2, 0) is 35.4 Å². The van der Waals surface area contributed by atoms with Crippen molar-refractivity contribution in [1.82, 2.24) is 0 Å². The molecule has 0 fully saturated rings. The Morgan fingerprint density at radius 3 is 1.42 bits per heavy atom. The first-order valence-corrected chi connectivity index (χ1v) is 41.0. The minimum atomic E-state index is -4.21. The Balaban J connectivity index is 0.00000293. The monoisotopic (exact) mass is 1010 g/mol. The molecule has 2 atom stereocenters. The van der Waals surface area contributed by atoms with Crippen LogP contribution >= 0.6 is 24.8 Å². The number of rotatable bonds is 6. The van der Waals surface area contributed by atoms with Crippen molar-refractivity contribution in [3.8, 4) is 39.1 Å². The van der Waals surface area contributed by atoms with Crippen molar-refractivity contribution in [1.29, 1.82) is 0 Å². The summed E-state index contributed by atoms with van der Waals surface area (Å²) >= 11 is -4.21. The van der Waals surface area contributed by atoms with Gasteiger partial charge in [0.15, 0.2) is 0 Å². The van der Waals surface area contributed by atoms with E-state index in [0.29, 0.717) is 7.35 Å². The molecule has 59 heavy (non-hydrogen) atoms. The summed E-state index contributed by atoms with van der Waals surface area (Å²) in [6, 6.07) is 24.2. The van der Waals surface area contributed by atoms with Gasteiger partial charge >= 0.3 is 349 Å². The first-order valence-electron chi connectivity index (χ1n) is 21.3. The molecule has 5 aromatic carbocycles. The fourth-order valence-electron chi connectivity index (χ4n) is 12.2. The SMILES string of the molecule is COc1c(C(C)(C)C)cc2c(c1-c1cc(C)cc(C)c1)C=C(C)[CH]2[Hf]([CH3])([CH3])(=[SiH2])[CH]1C(C)=Cc2c(-c3cc(C)cc(C)c3)c3c(c(-c4cc(C)cc(C)c4)c21)CCC3.Cl.Cl. The average Bonchev–Trinajstić information content (AvgIpc) is 3.79. The van der Waals surface area contributed by atoms with Gasteiger partial charge in [-0.3, -0.25) is 0 Å². The number of halogens is 2. The van der Waals surface area contributed by atoms with Gasteiger partial charge in [0, 0.05) is 0 Å². The van der Waals surface area contributed by atoms with Crippen LogP contribution in [0.1, 0.15) is 121 Å². The number of fused-ring (bicyclic) bond motifs is 3. The van der Waals surface area contributed by atoms with Gasteiger partial charge in [0.05, 0.1) is 0 Å². The number of benzene rings is 5. The Morgan fingerprint density at radius 1 is 0.559 bits per heavy atom. The first-order chi connectivity index (χ1) is 26.7. The fourth-order valence-corrected chi connectivity index (χ4v) is 42.5. The van der Waals surface area contributed by atoms with Gasteiger partial charge < -0.3 is 0 Å². The molecular weight excluding hydrogens is 942 g/mol. The van der Waals surface area contributed by atoms with Gasteiger partial charge in [0.2, 0.25) is 0 Å². The first kappa shape index (κ1) is 45.6. The summed E-state index contributed by atoms with van der Waals surface area (Å²) in [6.07, 6.45) is 8.76. The van der Waals surface area contributed by atoms with E-state index in [0.717, 1.165) is 18.6 Å². The second-order valence-electron chi connectivity index (χ2n) is 20.7. The van der Waals surface area contributed by atoms with Crippen molar-refractivity contribution in [2.45, 2.75) is 118 Å². The smallest absolute Gasteiger partial charge is 0.147 e. The van der Waals surface area contributed by atoms with E-state index in [1.165, 1.54) is 95.4 Å². The zero-order chi connectivity index (χ0) is 41.1. The summed E-state index contributed by atoms with van der Waals surface area (Å²) < 4.78 is 13.0. The Bertz CT molecular complexity index is 2640. The molecule has 8 rings (SSSR count). The van der Waals surface area contributed by atoms with Crippen LogP contribution in [-0.4, -0.2) is 14.1 Å². The summed E-state index contributed by atoms with van der Waals surface area (Å²) in [7, 11) is 1.88. The van der Waals surface area contributed by atoms with Crippen LogP contribution in [0, 0.1) is 41.5 Å². The largest absolute Gasteiger partial charge is 0.147 e. The molecule has 1 nitrogen and oxygen atoms in total. The Morgan fingerprint density at radius 2 is 0.966 bits per heavy atom. The van der Waals surface area contributed by atoms with Crippen molar-refractivity contribution in [2.24, 2.45) is 0 Å². The molecule has 0 aromatic heterocycles. The third-order valence-corrected chi connectivity index (χ3v) is 39.4. The van der Waals surface area contributed by atoms with Gasteiger partial charge in [0.1, 0.15) is 0 Å². The summed E-state index contributed by atoms with van der Waals surface area (Å²) in [5.41, 5.74) is 30.0. The molecule has 3 aliphatic carbocycles. The molecule has 0 spiro atoms. The molecule has 2 unspecified atom stereocenters. The summed E-state index contributed by atoms with van der Waals surface area (Å²) in [5.74, 6) is 1.03. The molecule has 0 bridgehead atoms. The minimum absolute atomic E-state index is 0. The molecule has 0 saturated heterocycles.